The lowest BCUT2D eigenvalue weighted by atomic mass is 10.1. The smallest absolute Gasteiger partial charge is 0.330 e. The molecule has 8 nitrogen and oxygen atoms in total. The number of ether oxygens (including phenoxy) is 1. The second kappa shape index (κ2) is 5.07. The Kier molecular flexibility index (Phi) is 3.50. The molecule has 3 atom stereocenters. The Labute approximate surface area is 102 Å². The van der Waals surface area contributed by atoms with Gasteiger partial charge in [-0.2, -0.15) is 0 Å². The lowest BCUT2D eigenvalue weighted by Gasteiger charge is -2.14. The molecule has 1 saturated heterocycles. The first-order chi connectivity index (χ1) is 8.65. The van der Waals surface area contributed by atoms with Gasteiger partial charge in [-0.1, -0.05) is 12.0 Å². The molecule has 0 saturated carbocycles. The topological polar surface area (TPSA) is 113 Å². The van der Waals surface area contributed by atoms with Crippen LogP contribution in [-0.2, 0) is 4.74 Å². The molecule has 1 fully saturated rings. The van der Waals surface area contributed by atoms with Crippen LogP contribution in [0.3, 0.4) is 0 Å². The molecule has 1 aromatic rings. The van der Waals surface area contributed by atoms with Gasteiger partial charge in [-0.15, -0.1) is 0 Å². The van der Waals surface area contributed by atoms with E-state index in [1.54, 1.807) is 0 Å². The Morgan fingerprint density at radius 1 is 1.67 bits per heavy atom. The first-order valence-corrected chi connectivity index (χ1v) is 5.67. The minimum Gasteiger partial charge on any atom is -0.354 e. The third-order valence-corrected chi connectivity index (χ3v) is 2.97. The third-order valence-electron chi connectivity index (χ3n) is 2.97. The summed E-state index contributed by atoms with van der Waals surface area (Å²) in [6.07, 6.45) is 1.80. The van der Waals surface area contributed by atoms with Crippen molar-refractivity contribution in [2.24, 2.45) is 5.11 Å². The molecular formula is C10H13N5O3. The van der Waals surface area contributed by atoms with E-state index in [1.807, 2.05) is 6.92 Å². The van der Waals surface area contributed by atoms with Crippen molar-refractivity contribution in [1.29, 1.82) is 0 Å². The van der Waals surface area contributed by atoms with Gasteiger partial charge < -0.3 is 4.74 Å². The van der Waals surface area contributed by atoms with E-state index in [0.717, 1.165) is 0 Å². The van der Waals surface area contributed by atoms with Crippen LogP contribution < -0.4 is 11.2 Å². The Hall–Kier alpha value is -2.05. The van der Waals surface area contributed by atoms with Crippen LogP contribution in [0.1, 0.15) is 26.0 Å². The molecule has 1 N–H and O–H groups in total. The van der Waals surface area contributed by atoms with Crippen molar-refractivity contribution in [3.8, 4) is 0 Å². The fourth-order valence-corrected chi connectivity index (χ4v) is 2.10. The largest absolute Gasteiger partial charge is 0.354 e. The van der Waals surface area contributed by atoms with Crippen molar-refractivity contribution >= 4 is 0 Å². The normalized spacial score (nSPS) is 26.8. The monoisotopic (exact) mass is 251 g/mol. The van der Waals surface area contributed by atoms with E-state index < -0.39 is 17.5 Å². The van der Waals surface area contributed by atoms with Crippen molar-refractivity contribution in [2.75, 3.05) is 0 Å². The number of aromatic amines is 1. The molecule has 18 heavy (non-hydrogen) atoms. The lowest BCUT2D eigenvalue weighted by Crippen LogP contribution is -2.31. The first kappa shape index (κ1) is 12.4. The Bertz CT molecular complexity index is 586. The Morgan fingerprint density at radius 2 is 2.44 bits per heavy atom. The molecule has 0 bridgehead atoms. The zero-order chi connectivity index (χ0) is 13.1. The zero-order valence-electron chi connectivity index (χ0n) is 9.81. The van der Waals surface area contributed by atoms with Crippen LogP contribution in [0.4, 0.5) is 0 Å². The molecule has 2 rings (SSSR count). The van der Waals surface area contributed by atoms with Crippen molar-refractivity contribution < 1.29 is 4.74 Å². The van der Waals surface area contributed by atoms with Crippen LogP contribution in [0.15, 0.2) is 27.0 Å². The zero-order valence-corrected chi connectivity index (χ0v) is 9.81. The van der Waals surface area contributed by atoms with Gasteiger partial charge in [0.05, 0.1) is 12.1 Å². The Morgan fingerprint density at radius 3 is 3.06 bits per heavy atom. The quantitative estimate of drug-likeness (QED) is 0.489. The number of hydrogen-bond acceptors (Lipinski definition) is 4. The Balaban J connectivity index is 2.28. The molecule has 8 heteroatoms. The number of nitrogens with one attached hydrogen (secondary N) is 1. The molecular weight excluding hydrogens is 238 g/mol. The summed E-state index contributed by atoms with van der Waals surface area (Å²) < 4.78 is 6.96. The van der Waals surface area contributed by atoms with Gasteiger partial charge in [-0.05, 0) is 12.0 Å². The van der Waals surface area contributed by atoms with Gasteiger partial charge in [0.25, 0.3) is 5.56 Å². The molecule has 1 aromatic heterocycles. The number of azide groups is 1. The highest BCUT2D eigenvalue weighted by molar-refractivity contribution is 4.90. The summed E-state index contributed by atoms with van der Waals surface area (Å²) in [5.41, 5.74) is 7.50. The van der Waals surface area contributed by atoms with Crippen LogP contribution in [0, 0.1) is 0 Å². The standard InChI is InChI=1S/C10H13N5O3/c1-2-7-6(13-14-11)5-9(18-7)15-4-3-8(16)12-10(15)17/h3-4,6-7,9H,2,5H2,1H3,(H,12,16,17)/t6?,7-,9-/m1/s1. The molecule has 2 heterocycles. The third kappa shape index (κ3) is 2.29. The minimum absolute atomic E-state index is 0.204. The maximum Gasteiger partial charge on any atom is 0.330 e. The second-order valence-corrected chi connectivity index (χ2v) is 4.06. The lowest BCUT2D eigenvalue weighted by molar-refractivity contribution is -0.00406. The fourth-order valence-electron chi connectivity index (χ4n) is 2.10. The van der Waals surface area contributed by atoms with Gasteiger partial charge in [-0.25, -0.2) is 4.79 Å². The fraction of sp³-hybridized carbons (Fsp3) is 0.600. The van der Waals surface area contributed by atoms with Crippen molar-refractivity contribution in [3.63, 3.8) is 0 Å². The highest BCUT2D eigenvalue weighted by atomic mass is 16.5. The van der Waals surface area contributed by atoms with Crippen molar-refractivity contribution in [1.82, 2.24) is 9.55 Å². The minimum atomic E-state index is -0.524. The van der Waals surface area contributed by atoms with E-state index in [2.05, 4.69) is 15.0 Å². The van der Waals surface area contributed by atoms with Gasteiger partial charge >= 0.3 is 5.69 Å². The van der Waals surface area contributed by atoms with E-state index in [-0.39, 0.29) is 12.1 Å². The molecule has 1 aliphatic rings. The molecule has 0 spiro atoms. The summed E-state index contributed by atoms with van der Waals surface area (Å²) >= 11 is 0. The van der Waals surface area contributed by atoms with Crippen LogP contribution in [0.2, 0.25) is 0 Å². The maximum absolute atomic E-state index is 11.6. The highest BCUT2D eigenvalue weighted by Crippen LogP contribution is 2.31. The number of rotatable bonds is 3. The number of nitrogens with zero attached hydrogens (tertiary/aromatic N) is 4. The number of hydrogen-bond donors (Lipinski definition) is 1. The SMILES string of the molecule is CC[C@H]1O[C@@H](n2ccc(=O)[nH]c2=O)CC1N=[N+]=[N-]. The highest BCUT2D eigenvalue weighted by Gasteiger charge is 2.34. The average molecular weight is 251 g/mol. The van der Waals surface area contributed by atoms with Crippen LogP contribution in [-0.4, -0.2) is 21.7 Å². The summed E-state index contributed by atoms with van der Waals surface area (Å²) in [5.74, 6) is 0. The summed E-state index contributed by atoms with van der Waals surface area (Å²) in [4.78, 5) is 27.5. The van der Waals surface area contributed by atoms with E-state index in [1.165, 1.54) is 16.8 Å². The molecule has 96 valence electrons. The van der Waals surface area contributed by atoms with Crippen LogP contribution in [0.25, 0.3) is 10.4 Å². The van der Waals surface area contributed by atoms with E-state index in [0.29, 0.717) is 12.8 Å². The predicted octanol–water partition coefficient (Wildman–Crippen LogP) is 0.913. The van der Waals surface area contributed by atoms with Gasteiger partial charge in [0.15, 0.2) is 0 Å². The van der Waals surface area contributed by atoms with E-state index in [4.69, 9.17) is 10.3 Å². The van der Waals surface area contributed by atoms with E-state index >= 15 is 0 Å². The van der Waals surface area contributed by atoms with Gasteiger partial charge in [0.1, 0.15) is 6.23 Å². The first-order valence-electron chi connectivity index (χ1n) is 5.67. The molecule has 1 aliphatic heterocycles. The van der Waals surface area contributed by atoms with Crippen LogP contribution in [0.5, 0.6) is 0 Å². The summed E-state index contributed by atoms with van der Waals surface area (Å²) in [6, 6.07) is 0.968. The van der Waals surface area contributed by atoms with Gasteiger partial charge in [0, 0.05) is 23.6 Å². The van der Waals surface area contributed by atoms with Gasteiger partial charge in [0.2, 0.25) is 0 Å². The molecule has 0 amide bonds. The summed E-state index contributed by atoms with van der Waals surface area (Å²) in [7, 11) is 0. The maximum atomic E-state index is 11.6. The average Bonchev–Trinajstić information content (AvgIpc) is 2.72. The molecule has 1 unspecified atom stereocenters. The second-order valence-electron chi connectivity index (χ2n) is 4.06. The predicted molar refractivity (Wildman–Crippen MR) is 63.1 cm³/mol. The molecule has 0 aliphatic carbocycles. The van der Waals surface area contributed by atoms with Gasteiger partial charge in [-0.3, -0.25) is 14.3 Å². The molecule has 0 radical (unpaired) electrons. The van der Waals surface area contributed by atoms with Crippen molar-refractivity contribution in [3.05, 3.63) is 43.5 Å². The number of aromatic nitrogens is 2. The summed E-state index contributed by atoms with van der Waals surface area (Å²) in [5, 5.41) is 3.67. The van der Waals surface area contributed by atoms with E-state index in [9.17, 15) is 9.59 Å². The number of H-pyrrole nitrogens is 1. The van der Waals surface area contributed by atoms with Crippen LogP contribution >= 0.6 is 0 Å². The summed E-state index contributed by atoms with van der Waals surface area (Å²) in [6.45, 7) is 1.92. The van der Waals surface area contributed by atoms with Crippen molar-refractivity contribution in [2.45, 2.75) is 38.1 Å². The molecule has 0 aromatic carbocycles.